The summed E-state index contributed by atoms with van der Waals surface area (Å²) in [7, 11) is 1.84. The highest BCUT2D eigenvalue weighted by atomic mass is 16.2. The van der Waals surface area contributed by atoms with Crippen LogP contribution in [-0.4, -0.2) is 19.5 Å². The summed E-state index contributed by atoms with van der Waals surface area (Å²) in [4.78, 5) is 14.0. The summed E-state index contributed by atoms with van der Waals surface area (Å²) >= 11 is 0. The molecule has 1 aliphatic carbocycles. The molecule has 3 nitrogen and oxygen atoms in total. The maximum atomic E-state index is 12.3. The second-order valence-electron chi connectivity index (χ2n) is 5.04. The average molecular weight is 246 g/mol. The number of nitrogens with two attached hydrogens (primary N) is 1. The Morgan fingerprint density at radius 2 is 2.11 bits per heavy atom. The lowest BCUT2D eigenvalue weighted by molar-refractivity contribution is -0.121. The lowest BCUT2D eigenvalue weighted by Gasteiger charge is -2.22. The number of carbonyl (C=O) groups excluding carboxylic acids is 1. The number of carbonyl (C=O) groups is 1. The van der Waals surface area contributed by atoms with Crippen molar-refractivity contribution in [1.29, 1.82) is 0 Å². The first-order valence-corrected chi connectivity index (χ1v) is 6.76. The second kappa shape index (κ2) is 5.53. The van der Waals surface area contributed by atoms with Gasteiger partial charge in [0.2, 0.25) is 5.91 Å². The molecular formula is C15H22N2O. The molecule has 1 unspecified atom stereocenters. The number of aryl methyl sites for hydroxylation is 2. The molecular weight excluding hydrogens is 224 g/mol. The van der Waals surface area contributed by atoms with E-state index in [2.05, 4.69) is 12.1 Å². The smallest absolute Gasteiger partial charge is 0.231 e. The SMILES string of the molecule is CCC(CN)C(=O)N(C)c1ccc2c(c1)CCC2. The number of anilines is 1. The third kappa shape index (κ3) is 2.41. The third-order valence-electron chi connectivity index (χ3n) is 3.93. The van der Waals surface area contributed by atoms with E-state index in [4.69, 9.17) is 5.73 Å². The summed E-state index contributed by atoms with van der Waals surface area (Å²) in [5.41, 5.74) is 9.47. The highest BCUT2D eigenvalue weighted by Gasteiger charge is 2.21. The first kappa shape index (κ1) is 13.1. The van der Waals surface area contributed by atoms with E-state index in [0.717, 1.165) is 18.5 Å². The van der Waals surface area contributed by atoms with Gasteiger partial charge in [-0.25, -0.2) is 0 Å². The van der Waals surface area contributed by atoms with Crippen molar-refractivity contribution in [2.45, 2.75) is 32.6 Å². The summed E-state index contributed by atoms with van der Waals surface area (Å²) in [5, 5.41) is 0. The zero-order valence-electron chi connectivity index (χ0n) is 11.3. The van der Waals surface area contributed by atoms with Crippen molar-refractivity contribution in [3.8, 4) is 0 Å². The molecule has 0 aliphatic heterocycles. The van der Waals surface area contributed by atoms with Crippen LogP contribution in [0.3, 0.4) is 0 Å². The Hall–Kier alpha value is -1.35. The lowest BCUT2D eigenvalue weighted by atomic mass is 10.0. The van der Waals surface area contributed by atoms with Crippen LogP contribution in [0.25, 0.3) is 0 Å². The molecule has 98 valence electrons. The normalized spacial score (nSPS) is 15.3. The Kier molecular flexibility index (Phi) is 4.02. The Balaban J connectivity index is 2.18. The van der Waals surface area contributed by atoms with Crippen molar-refractivity contribution < 1.29 is 4.79 Å². The molecule has 1 aromatic carbocycles. The summed E-state index contributed by atoms with van der Waals surface area (Å²) in [5.74, 6) is 0.0567. The predicted octanol–water partition coefficient (Wildman–Crippen LogP) is 2.12. The number of hydrogen-bond donors (Lipinski definition) is 1. The van der Waals surface area contributed by atoms with Gasteiger partial charge in [-0.1, -0.05) is 13.0 Å². The molecule has 3 heteroatoms. The van der Waals surface area contributed by atoms with Crippen LogP contribution in [0.5, 0.6) is 0 Å². The van der Waals surface area contributed by atoms with E-state index >= 15 is 0 Å². The van der Waals surface area contributed by atoms with Crippen LogP contribution in [0.2, 0.25) is 0 Å². The number of amides is 1. The summed E-state index contributed by atoms with van der Waals surface area (Å²) in [6.07, 6.45) is 4.34. The van der Waals surface area contributed by atoms with Crippen molar-refractivity contribution in [1.82, 2.24) is 0 Å². The Labute approximate surface area is 109 Å². The fourth-order valence-corrected chi connectivity index (χ4v) is 2.61. The highest BCUT2D eigenvalue weighted by Crippen LogP contribution is 2.27. The van der Waals surface area contributed by atoms with E-state index in [9.17, 15) is 4.79 Å². The molecule has 0 spiro atoms. The minimum atomic E-state index is -0.0664. The second-order valence-corrected chi connectivity index (χ2v) is 5.04. The maximum absolute atomic E-state index is 12.3. The van der Waals surface area contributed by atoms with Gasteiger partial charge in [-0.15, -0.1) is 0 Å². The van der Waals surface area contributed by atoms with E-state index < -0.39 is 0 Å². The summed E-state index contributed by atoms with van der Waals surface area (Å²) < 4.78 is 0. The van der Waals surface area contributed by atoms with Gasteiger partial charge in [0, 0.05) is 19.3 Å². The molecule has 1 aliphatic rings. The molecule has 1 aromatic rings. The maximum Gasteiger partial charge on any atom is 0.231 e. The van der Waals surface area contributed by atoms with Gasteiger partial charge in [0.05, 0.1) is 5.92 Å². The Bertz CT molecular complexity index is 438. The van der Waals surface area contributed by atoms with Crippen molar-refractivity contribution in [3.05, 3.63) is 29.3 Å². The fourth-order valence-electron chi connectivity index (χ4n) is 2.61. The topological polar surface area (TPSA) is 46.3 Å². The van der Waals surface area contributed by atoms with Crippen LogP contribution in [0.15, 0.2) is 18.2 Å². The number of hydrogen-bond acceptors (Lipinski definition) is 2. The molecule has 0 bridgehead atoms. The first-order chi connectivity index (χ1) is 8.67. The van der Waals surface area contributed by atoms with E-state index in [1.807, 2.05) is 20.0 Å². The first-order valence-electron chi connectivity index (χ1n) is 6.76. The van der Waals surface area contributed by atoms with E-state index in [0.29, 0.717) is 6.54 Å². The zero-order chi connectivity index (χ0) is 13.1. The Morgan fingerprint density at radius 1 is 1.39 bits per heavy atom. The van der Waals surface area contributed by atoms with E-state index in [1.54, 1.807) is 4.90 Å². The van der Waals surface area contributed by atoms with Crippen molar-refractivity contribution in [3.63, 3.8) is 0 Å². The lowest BCUT2D eigenvalue weighted by Crippen LogP contribution is -2.36. The molecule has 0 heterocycles. The summed E-state index contributed by atoms with van der Waals surface area (Å²) in [6, 6.07) is 6.36. The number of benzene rings is 1. The molecule has 0 saturated carbocycles. The van der Waals surface area contributed by atoms with Gasteiger partial charge in [0.25, 0.3) is 0 Å². The molecule has 1 atom stereocenters. The number of nitrogens with zero attached hydrogens (tertiary/aromatic N) is 1. The van der Waals surface area contributed by atoms with E-state index in [-0.39, 0.29) is 11.8 Å². The van der Waals surface area contributed by atoms with Gasteiger partial charge in [-0.2, -0.15) is 0 Å². The van der Waals surface area contributed by atoms with Crippen LogP contribution < -0.4 is 10.6 Å². The monoisotopic (exact) mass is 246 g/mol. The van der Waals surface area contributed by atoms with Crippen LogP contribution >= 0.6 is 0 Å². The van der Waals surface area contributed by atoms with E-state index in [1.165, 1.54) is 24.0 Å². The average Bonchev–Trinajstić information content (AvgIpc) is 2.86. The quantitative estimate of drug-likeness (QED) is 0.884. The largest absolute Gasteiger partial charge is 0.330 e. The molecule has 0 fully saturated rings. The van der Waals surface area contributed by atoms with Crippen LogP contribution in [0.4, 0.5) is 5.69 Å². The fraction of sp³-hybridized carbons (Fsp3) is 0.533. The van der Waals surface area contributed by atoms with Gasteiger partial charge < -0.3 is 10.6 Å². The third-order valence-corrected chi connectivity index (χ3v) is 3.93. The minimum absolute atomic E-state index is 0.0664. The molecule has 0 radical (unpaired) electrons. The standard InChI is InChI=1S/C15H22N2O/c1-3-11(10-16)15(18)17(2)14-8-7-12-5-4-6-13(12)9-14/h7-9,11H,3-6,10,16H2,1-2H3. The van der Waals surface area contributed by atoms with Gasteiger partial charge in [0.1, 0.15) is 0 Å². The number of fused-ring (bicyclic) bond motifs is 1. The zero-order valence-corrected chi connectivity index (χ0v) is 11.3. The van der Waals surface area contributed by atoms with Gasteiger partial charge in [-0.3, -0.25) is 4.79 Å². The van der Waals surface area contributed by atoms with Crippen LogP contribution in [0, 0.1) is 5.92 Å². The van der Waals surface area contributed by atoms with Gasteiger partial charge in [0.15, 0.2) is 0 Å². The molecule has 1 amide bonds. The van der Waals surface area contributed by atoms with Gasteiger partial charge in [-0.05, 0) is 48.9 Å². The predicted molar refractivity (Wildman–Crippen MR) is 74.7 cm³/mol. The van der Waals surface area contributed by atoms with Crippen molar-refractivity contribution in [2.24, 2.45) is 11.7 Å². The van der Waals surface area contributed by atoms with Gasteiger partial charge >= 0.3 is 0 Å². The Morgan fingerprint density at radius 3 is 2.78 bits per heavy atom. The van der Waals surface area contributed by atoms with Crippen molar-refractivity contribution >= 4 is 11.6 Å². The van der Waals surface area contributed by atoms with Crippen LogP contribution in [0.1, 0.15) is 30.9 Å². The minimum Gasteiger partial charge on any atom is -0.330 e. The number of rotatable bonds is 4. The molecule has 0 aromatic heterocycles. The molecule has 18 heavy (non-hydrogen) atoms. The van der Waals surface area contributed by atoms with Crippen LogP contribution in [-0.2, 0) is 17.6 Å². The molecule has 2 N–H and O–H groups in total. The molecule has 0 saturated heterocycles. The highest BCUT2D eigenvalue weighted by molar-refractivity contribution is 5.94. The summed E-state index contributed by atoms with van der Waals surface area (Å²) in [6.45, 7) is 2.43. The molecule has 2 rings (SSSR count). The van der Waals surface area contributed by atoms with Crippen molar-refractivity contribution in [2.75, 3.05) is 18.5 Å².